The Labute approximate surface area is 119 Å². The molecule has 3 nitrogen and oxygen atoms in total. The average Bonchev–Trinajstić information content (AvgIpc) is 2.48. The largest absolute Gasteiger partial charge is 0.508 e. The molecule has 3 N–H and O–H groups in total. The van der Waals surface area contributed by atoms with E-state index in [0.717, 1.165) is 16.7 Å². The van der Waals surface area contributed by atoms with Crippen molar-refractivity contribution in [1.82, 2.24) is 5.32 Å². The van der Waals surface area contributed by atoms with Crippen LogP contribution in [0.15, 0.2) is 48.5 Å². The van der Waals surface area contributed by atoms with Gasteiger partial charge >= 0.3 is 0 Å². The van der Waals surface area contributed by atoms with Gasteiger partial charge in [0.2, 0.25) is 0 Å². The van der Waals surface area contributed by atoms with Crippen molar-refractivity contribution in [3.8, 4) is 5.75 Å². The van der Waals surface area contributed by atoms with Crippen LogP contribution in [0.1, 0.15) is 35.7 Å². The number of rotatable bonds is 5. The summed E-state index contributed by atoms with van der Waals surface area (Å²) in [6.45, 7) is 4.00. The van der Waals surface area contributed by atoms with Crippen LogP contribution in [0.25, 0.3) is 0 Å². The van der Waals surface area contributed by atoms with Gasteiger partial charge < -0.3 is 15.5 Å². The first kappa shape index (κ1) is 14.6. The summed E-state index contributed by atoms with van der Waals surface area (Å²) in [6, 6.07) is 15.2. The molecular formula is C17H21NO2. The van der Waals surface area contributed by atoms with Gasteiger partial charge in [-0.1, -0.05) is 48.0 Å². The summed E-state index contributed by atoms with van der Waals surface area (Å²) in [6.07, 6.45) is 0. The zero-order valence-corrected chi connectivity index (χ0v) is 11.9. The second kappa shape index (κ2) is 6.55. The molecule has 0 bridgehead atoms. The highest BCUT2D eigenvalue weighted by Crippen LogP contribution is 2.27. The minimum Gasteiger partial charge on any atom is -0.508 e. The van der Waals surface area contributed by atoms with Gasteiger partial charge in [0.1, 0.15) is 5.75 Å². The molecular weight excluding hydrogens is 250 g/mol. The van der Waals surface area contributed by atoms with E-state index >= 15 is 0 Å². The van der Waals surface area contributed by atoms with Gasteiger partial charge in [-0.2, -0.15) is 0 Å². The van der Waals surface area contributed by atoms with Crippen molar-refractivity contribution in [3.05, 3.63) is 65.2 Å². The highest BCUT2D eigenvalue weighted by molar-refractivity contribution is 5.38. The highest BCUT2D eigenvalue weighted by atomic mass is 16.3. The number of aliphatic hydroxyl groups is 1. The number of nitrogens with one attached hydrogen (secondary N) is 1. The fraction of sp³-hybridized carbons (Fsp3) is 0.294. The van der Waals surface area contributed by atoms with Crippen LogP contribution in [-0.4, -0.2) is 16.8 Å². The van der Waals surface area contributed by atoms with E-state index in [2.05, 4.69) is 5.32 Å². The van der Waals surface area contributed by atoms with Crippen LogP contribution in [0.4, 0.5) is 0 Å². The van der Waals surface area contributed by atoms with Crippen LogP contribution in [0.3, 0.4) is 0 Å². The van der Waals surface area contributed by atoms with Crippen LogP contribution in [0.5, 0.6) is 5.75 Å². The molecule has 2 atom stereocenters. The maximum atomic E-state index is 9.96. The SMILES string of the molecule is Cc1ccc(O)c([C@H](C)N[C@@H](CO)c2ccccc2)c1. The Balaban J connectivity index is 2.17. The summed E-state index contributed by atoms with van der Waals surface area (Å²) in [5.74, 6) is 0.278. The van der Waals surface area contributed by atoms with Gasteiger partial charge in [0.05, 0.1) is 12.6 Å². The van der Waals surface area contributed by atoms with Crippen LogP contribution >= 0.6 is 0 Å². The van der Waals surface area contributed by atoms with Gasteiger partial charge in [0.25, 0.3) is 0 Å². The molecule has 2 rings (SSSR count). The number of benzene rings is 2. The van der Waals surface area contributed by atoms with Crippen molar-refractivity contribution < 1.29 is 10.2 Å². The summed E-state index contributed by atoms with van der Waals surface area (Å²) in [7, 11) is 0. The Morgan fingerprint density at radius 1 is 1.10 bits per heavy atom. The summed E-state index contributed by atoms with van der Waals surface area (Å²) >= 11 is 0. The Hall–Kier alpha value is -1.84. The molecule has 20 heavy (non-hydrogen) atoms. The third-order valence-electron chi connectivity index (χ3n) is 3.49. The molecule has 0 heterocycles. The third kappa shape index (κ3) is 3.38. The molecule has 2 aromatic carbocycles. The van der Waals surface area contributed by atoms with Gasteiger partial charge in [-0.3, -0.25) is 0 Å². The molecule has 0 aromatic heterocycles. The summed E-state index contributed by atoms with van der Waals surface area (Å²) in [4.78, 5) is 0. The van der Waals surface area contributed by atoms with Crippen LogP contribution in [0.2, 0.25) is 0 Å². The zero-order valence-electron chi connectivity index (χ0n) is 11.9. The molecule has 0 aliphatic carbocycles. The van der Waals surface area contributed by atoms with Crippen molar-refractivity contribution in [3.63, 3.8) is 0 Å². The second-order valence-electron chi connectivity index (χ2n) is 5.10. The normalized spacial score (nSPS) is 13.9. The first-order valence-corrected chi connectivity index (χ1v) is 6.83. The second-order valence-corrected chi connectivity index (χ2v) is 5.10. The molecule has 3 heteroatoms. The number of aromatic hydroxyl groups is 1. The molecule has 0 spiro atoms. The molecule has 0 saturated heterocycles. The molecule has 106 valence electrons. The summed E-state index contributed by atoms with van der Waals surface area (Å²) in [5, 5.41) is 22.9. The molecule has 0 aliphatic heterocycles. The Morgan fingerprint density at radius 2 is 1.80 bits per heavy atom. The van der Waals surface area contributed by atoms with Crippen molar-refractivity contribution in [2.45, 2.75) is 25.9 Å². The number of phenolic OH excluding ortho intramolecular Hbond substituents is 1. The monoisotopic (exact) mass is 271 g/mol. The summed E-state index contributed by atoms with van der Waals surface area (Å²) < 4.78 is 0. The Morgan fingerprint density at radius 3 is 2.45 bits per heavy atom. The van der Waals surface area contributed by atoms with Crippen molar-refractivity contribution in [2.75, 3.05) is 6.61 Å². The predicted octanol–water partition coefficient (Wildman–Crippen LogP) is 3.08. The van der Waals surface area contributed by atoms with Gasteiger partial charge in [-0.05, 0) is 25.5 Å². The summed E-state index contributed by atoms with van der Waals surface area (Å²) in [5.41, 5.74) is 2.99. The van der Waals surface area contributed by atoms with E-state index in [1.54, 1.807) is 6.07 Å². The first-order valence-electron chi connectivity index (χ1n) is 6.83. The zero-order chi connectivity index (χ0) is 14.5. The highest BCUT2D eigenvalue weighted by Gasteiger charge is 2.16. The maximum absolute atomic E-state index is 9.96. The fourth-order valence-electron chi connectivity index (χ4n) is 2.35. The number of aryl methyl sites for hydroxylation is 1. The lowest BCUT2D eigenvalue weighted by Gasteiger charge is -2.23. The smallest absolute Gasteiger partial charge is 0.120 e. The van der Waals surface area contributed by atoms with E-state index in [-0.39, 0.29) is 24.4 Å². The van der Waals surface area contributed by atoms with E-state index in [4.69, 9.17) is 0 Å². The van der Waals surface area contributed by atoms with Gasteiger partial charge in [0, 0.05) is 11.6 Å². The maximum Gasteiger partial charge on any atom is 0.120 e. The van der Waals surface area contributed by atoms with Crippen LogP contribution in [0, 0.1) is 6.92 Å². The lowest BCUT2D eigenvalue weighted by atomic mass is 10.0. The third-order valence-corrected chi connectivity index (χ3v) is 3.49. The number of aliphatic hydroxyl groups excluding tert-OH is 1. The minimum absolute atomic E-state index is 0.0148. The van der Waals surface area contributed by atoms with Gasteiger partial charge in [0.15, 0.2) is 0 Å². The van der Waals surface area contributed by atoms with Crippen molar-refractivity contribution in [2.24, 2.45) is 0 Å². The standard InChI is InChI=1S/C17H21NO2/c1-12-8-9-17(20)15(10-12)13(2)18-16(11-19)14-6-4-3-5-7-14/h3-10,13,16,18-20H,11H2,1-2H3/t13-,16-/m0/s1. The average molecular weight is 271 g/mol. The topological polar surface area (TPSA) is 52.5 Å². The number of hydrogen-bond acceptors (Lipinski definition) is 3. The van der Waals surface area contributed by atoms with Crippen LogP contribution < -0.4 is 5.32 Å². The number of phenols is 1. The Bertz CT molecular complexity index is 554. The molecule has 2 aromatic rings. The van der Waals surface area contributed by atoms with E-state index in [9.17, 15) is 10.2 Å². The molecule has 0 fully saturated rings. The Kier molecular flexibility index (Phi) is 4.77. The van der Waals surface area contributed by atoms with E-state index < -0.39 is 0 Å². The lowest BCUT2D eigenvalue weighted by Crippen LogP contribution is -2.27. The number of hydrogen-bond donors (Lipinski definition) is 3. The lowest BCUT2D eigenvalue weighted by molar-refractivity contribution is 0.234. The van der Waals surface area contributed by atoms with E-state index in [1.165, 1.54) is 0 Å². The predicted molar refractivity (Wildman–Crippen MR) is 80.7 cm³/mol. The van der Waals surface area contributed by atoms with E-state index in [0.29, 0.717) is 0 Å². The van der Waals surface area contributed by atoms with E-state index in [1.807, 2.05) is 56.3 Å². The van der Waals surface area contributed by atoms with Gasteiger partial charge in [-0.15, -0.1) is 0 Å². The molecule has 0 aliphatic rings. The first-order chi connectivity index (χ1) is 9.61. The fourth-order valence-corrected chi connectivity index (χ4v) is 2.35. The van der Waals surface area contributed by atoms with Crippen molar-refractivity contribution >= 4 is 0 Å². The van der Waals surface area contributed by atoms with Gasteiger partial charge in [-0.25, -0.2) is 0 Å². The minimum atomic E-state index is -0.147. The quantitative estimate of drug-likeness (QED) is 0.783. The van der Waals surface area contributed by atoms with Crippen LogP contribution in [-0.2, 0) is 0 Å². The molecule has 0 amide bonds. The molecule has 0 radical (unpaired) electrons. The molecule has 0 unspecified atom stereocenters. The molecule has 0 saturated carbocycles. The van der Waals surface area contributed by atoms with Crippen molar-refractivity contribution in [1.29, 1.82) is 0 Å².